The first-order valence-corrected chi connectivity index (χ1v) is 8.70. The van der Waals surface area contributed by atoms with Crippen molar-refractivity contribution in [3.05, 3.63) is 59.2 Å². The number of nitrogens with two attached hydrogens (primary N) is 1. The topological polar surface area (TPSA) is 88.7 Å². The van der Waals surface area contributed by atoms with E-state index >= 15 is 0 Å². The number of hydrogen-bond acceptors (Lipinski definition) is 3. The Labute approximate surface area is 154 Å². The number of amides is 2. The molecule has 0 unspecified atom stereocenters. The fourth-order valence-electron chi connectivity index (χ4n) is 2.60. The smallest absolute Gasteiger partial charge is 0.326 e. The maximum Gasteiger partial charge on any atom is 0.326 e. The van der Waals surface area contributed by atoms with Gasteiger partial charge in [0, 0.05) is 12.7 Å². The van der Waals surface area contributed by atoms with Gasteiger partial charge in [-0.3, -0.25) is 10.3 Å². The second kappa shape index (κ2) is 9.46. The van der Waals surface area contributed by atoms with Crippen molar-refractivity contribution >= 4 is 17.7 Å². The zero-order valence-electron chi connectivity index (χ0n) is 15.5. The van der Waals surface area contributed by atoms with E-state index < -0.39 is 6.03 Å². The highest BCUT2D eigenvalue weighted by molar-refractivity contribution is 6.02. The molecule has 0 aliphatic heterocycles. The molecule has 2 amide bonds. The molecule has 0 bridgehead atoms. The van der Waals surface area contributed by atoms with Gasteiger partial charge in [0.2, 0.25) is 0 Å². The van der Waals surface area contributed by atoms with Crippen molar-refractivity contribution in [2.75, 3.05) is 12.4 Å². The standard InChI is InChI=1S/C20H26N4O2/c1-4-15-11-17(26-13-14-9-7-6-8-10-14)12-16(5-2)18(15)23-20(25)24-19(21)22-3/h6-12H,4-5,13H2,1-3H3,(H4,21,22,23,24,25). The van der Waals surface area contributed by atoms with Gasteiger partial charge in [-0.25, -0.2) is 4.79 Å². The molecule has 2 rings (SSSR count). The molecule has 0 spiro atoms. The number of anilines is 1. The Hall–Kier alpha value is -3.02. The SMILES string of the molecule is CCc1cc(OCc2ccccc2)cc(CC)c1NC(=O)NC(N)=NC. The van der Waals surface area contributed by atoms with Gasteiger partial charge in [0.1, 0.15) is 12.4 Å². The van der Waals surface area contributed by atoms with E-state index in [2.05, 4.69) is 15.6 Å². The minimum atomic E-state index is -0.407. The number of benzene rings is 2. The number of ether oxygens (including phenoxy) is 1. The summed E-state index contributed by atoms with van der Waals surface area (Å²) >= 11 is 0. The molecule has 0 aliphatic rings. The highest BCUT2D eigenvalue weighted by atomic mass is 16.5. The molecule has 6 heteroatoms. The number of rotatable bonds is 6. The zero-order chi connectivity index (χ0) is 18.9. The summed E-state index contributed by atoms with van der Waals surface area (Å²) in [6.07, 6.45) is 1.53. The summed E-state index contributed by atoms with van der Waals surface area (Å²) in [7, 11) is 1.52. The monoisotopic (exact) mass is 354 g/mol. The van der Waals surface area contributed by atoms with Gasteiger partial charge in [-0.15, -0.1) is 0 Å². The molecule has 0 saturated carbocycles. The molecule has 138 valence electrons. The van der Waals surface area contributed by atoms with E-state index in [9.17, 15) is 4.79 Å². The van der Waals surface area contributed by atoms with E-state index in [0.29, 0.717) is 6.61 Å². The number of nitrogens with one attached hydrogen (secondary N) is 2. The minimum absolute atomic E-state index is 0.0708. The number of carbonyl (C=O) groups is 1. The van der Waals surface area contributed by atoms with E-state index in [1.54, 1.807) is 0 Å². The van der Waals surface area contributed by atoms with E-state index in [-0.39, 0.29) is 5.96 Å². The maximum atomic E-state index is 12.1. The van der Waals surface area contributed by atoms with Gasteiger partial charge in [-0.1, -0.05) is 44.2 Å². The molecule has 6 nitrogen and oxygen atoms in total. The normalized spacial score (nSPS) is 11.1. The summed E-state index contributed by atoms with van der Waals surface area (Å²) in [6.45, 7) is 4.59. The number of aliphatic imine (C=N–C) groups is 1. The lowest BCUT2D eigenvalue weighted by Gasteiger charge is -2.17. The Balaban J connectivity index is 2.19. The van der Waals surface area contributed by atoms with Crippen molar-refractivity contribution in [1.82, 2.24) is 5.32 Å². The van der Waals surface area contributed by atoms with Crippen LogP contribution in [0.15, 0.2) is 47.5 Å². The molecule has 0 radical (unpaired) electrons. The first-order valence-electron chi connectivity index (χ1n) is 8.70. The second-order valence-corrected chi connectivity index (χ2v) is 5.79. The number of aryl methyl sites for hydroxylation is 2. The van der Waals surface area contributed by atoms with Crippen molar-refractivity contribution in [3.8, 4) is 5.75 Å². The van der Waals surface area contributed by atoms with E-state index in [1.807, 2.05) is 56.3 Å². The average molecular weight is 354 g/mol. The van der Waals surface area contributed by atoms with Crippen LogP contribution in [0.1, 0.15) is 30.5 Å². The fraction of sp³-hybridized carbons (Fsp3) is 0.300. The van der Waals surface area contributed by atoms with Crippen LogP contribution in [0.2, 0.25) is 0 Å². The Morgan fingerprint density at radius 1 is 1.12 bits per heavy atom. The minimum Gasteiger partial charge on any atom is -0.489 e. The number of nitrogens with zero attached hydrogens (tertiary/aromatic N) is 1. The Morgan fingerprint density at radius 3 is 2.27 bits per heavy atom. The molecule has 2 aromatic carbocycles. The van der Waals surface area contributed by atoms with E-state index in [4.69, 9.17) is 10.5 Å². The van der Waals surface area contributed by atoms with Crippen LogP contribution in [0.5, 0.6) is 5.75 Å². The number of carbonyl (C=O) groups excluding carboxylic acids is 1. The van der Waals surface area contributed by atoms with Crippen molar-refractivity contribution in [1.29, 1.82) is 0 Å². The number of guanidine groups is 1. The lowest BCUT2D eigenvalue weighted by Crippen LogP contribution is -2.39. The van der Waals surface area contributed by atoms with E-state index in [0.717, 1.165) is 41.0 Å². The molecule has 0 aliphatic carbocycles. The van der Waals surface area contributed by atoms with Crippen LogP contribution in [-0.2, 0) is 19.4 Å². The van der Waals surface area contributed by atoms with E-state index in [1.165, 1.54) is 7.05 Å². The molecule has 2 aromatic rings. The predicted octanol–water partition coefficient (Wildman–Crippen LogP) is 3.46. The Bertz CT molecular complexity index is 748. The third-order valence-electron chi connectivity index (χ3n) is 4.01. The van der Waals surface area contributed by atoms with Crippen LogP contribution in [0.4, 0.5) is 10.5 Å². The molecular formula is C20H26N4O2. The van der Waals surface area contributed by atoms with Crippen molar-refractivity contribution in [3.63, 3.8) is 0 Å². The first kappa shape index (κ1) is 19.3. The summed E-state index contributed by atoms with van der Waals surface area (Å²) in [5.74, 6) is 0.865. The van der Waals surface area contributed by atoms with Gasteiger partial charge >= 0.3 is 6.03 Å². The zero-order valence-corrected chi connectivity index (χ0v) is 15.5. The average Bonchev–Trinajstić information content (AvgIpc) is 2.67. The highest BCUT2D eigenvalue weighted by Crippen LogP contribution is 2.29. The van der Waals surface area contributed by atoms with Crippen LogP contribution in [0, 0.1) is 0 Å². The third-order valence-corrected chi connectivity index (χ3v) is 4.01. The molecule has 4 N–H and O–H groups in total. The van der Waals surface area contributed by atoms with Crippen LogP contribution < -0.4 is 21.1 Å². The van der Waals surface area contributed by atoms with Gasteiger partial charge in [0.15, 0.2) is 5.96 Å². The Morgan fingerprint density at radius 2 is 1.73 bits per heavy atom. The van der Waals surface area contributed by atoms with Gasteiger partial charge in [0.25, 0.3) is 0 Å². The van der Waals surface area contributed by atoms with Crippen molar-refractivity contribution in [2.24, 2.45) is 10.7 Å². The molecule has 26 heavy (non-hydrogen) atoms. The second-order valence-electron chi connectivity index (χ2n) is 5.79. The summed E-state index contributed by atoms with van der Waals surface area (Å²) < 4.78 is 5.95. The molecule has 0 atom stereocenters. The van der Waals surface area contributed by atoms with Crippen LogP contribution in [0.25, 0.3) is 0 Å². The molecule has 0 heterocycles. The van der Waals surface area contributed by atoms with Crippen molar-refractivity contribution in [2.45, 2.75) is 33.3 Å². The maximum absolute atomic E-state index is 12.1. The van der Waals surface area contributed by atoms with Crippen LogP contribution in [-0.4, -0.2) is 19.0 Å². The largest absolute Gasteiger partial charge is 0.489 e. The third kappa shape index (κ3) is 5.24. The lowest BCUT2D eigenvalue weighted by atomic mass is 10.0. The lowest BCUT2D eigenvalue weighted by molar-refractivity contribution is 0.256. The summed E-state index contributed by atoms with van der Waals surface area (Å²) in [5.41, 5.74) is 9.47. The van der Waals surface area contributed by atoms with Gasteiger partial charge in [-0.05, 0) is 41.7 Å². The van der Waals surface area contributed by atoms with Crippen LogP contribution >= 0.6 is 0 Å². The van der Waals surface area contributed by atoms with Crippen LogP contribution in [0.3, 0.4) is 0 Å². The number of urea groups is 1. The summed E-state index contributed by atoms with van der Waals surface area (Å²) in [5, 5.41) is 5.37. The molecular weight excluding hydrogens is 328 g/mol. The molecule has 0 fully saturated rings. The fourth-order valence-corrected chi connectivity index (χ4v) is 2.60. The molecule has 0 aromatic heterocycles. The molecule has 0 saturated heterocycles. The van der Waals surface area contributed by atoms with Gasteiger partial charge in [-0.2, -0.15) is 0 Å². The quantitative estimate of drug-likeness (QED) is 0.548. The number of hydrogen-bond donors (Lipinski definition) is 3. The predicted molar refractivity (Wildman–Crippen MR) is 106 cm³/mol. The first-order chi connectivity index (χ1) is 12.6. The summed E-state index contributed by atoms with van der Waals surface area (Å²) in [6, 6.07) is 13.5. The van der Waals surface area contributed by atoms with Gasteiger partial charge < -0.3 is 15.8 Å². The Kier molecular flexibility index (Phi) is 7.02. The van der Waals surface area contributed by atoms with Gasteiger partial charge in [0.05, 0.1) is 0 Å². The summed E-state index contributed by atoms with van der Waals surface area (Å²) in [4.78, 5) is 15.8. The highest BCUT2D eigenvalue weighted by Gasteiger charge is 2.13. The van der Waals surface area contributed by atoms with Crippen molar-refractivity contribution < 1.29 is 9.53 Å².